The average Bonchev–Trinajstić information content (AvgIpc) is 2.39. The van der Waals surface area contributed by atoms with Crippen LogP contribution in [0.1, 0.15) is 16.1 Å². The van der Waals surface area contributed by atoms with Crippen molar-refractivity contribution in [3.05, 3.63) is 62.5 Å². The second-order valence-electron chi connectivity index (χ2n) is 4.08. The van der Waals surface area contributed by atoms with E-state index in [1.165, 1.54) is 30.3 Å². The van der Waals surface area contributed by atoms with Crippen molar-refractivity contribution in [3.63, 3.8) is 0 Å². The van der Waals surface area contributed by atoms with Gasteiger partial charge in [0.05, 0.1) is 5.56 Å². The van der Waals surface area contributed by atoms with E-state index in [0.29, 0.717) is 0 Å². The normalized spacial score (nSPS) is 11.2. The number of pyridine rings is 1. The monoisotopic (exact) mass is 360 g/mol. The van der Waals surface area contributed by atoms with Crippen LogP contribution in [-0.4, -0.2) is 10.9 Å². The summed E-state index contributed by atoms with van der Waals surface area (Å²) in [6.45, 7) is 0. The summed E-state index contributed by atoms with van der Waals surface area (Å²) in [5.41, 5.74) is -1.45. The third-order valence-electron chi connectivity index (χ3n) is 2.54. The summed E-state index contributed by atoms with van der Waals surface area (Å²) in [6.07, 6.45) is -4.54. The zero-order valence-corrected chi connectivity index (χ0v) is 11.9. The van der Waals surface area contributed by atoms with Crippen molar-refractivity contribution in [1.82, 2.24) is 4.98 Å². The van der Waals surface area contributed by atoms with E-state index in [9.17, 15) is 22.8 Å². The first-order valence-electron chi connectivity index (χ1n) is 5.65. The molecule has 0 saturated heterocycles. The van der Waals surface area contributed by atoms with Gasteiger partial charge in [-0.05, 0) is 24.3 Å². The summed E-state index contributed by atoms with van der Waals surface area (Å²) in [5, 5.41) is 2.30. The van der Waals surface area contributed by atoms with Gasteiger partial charge in [0, 0.05) is 16.2 Å². The Balaban J connectivity index is 2.28. The molecule has 2 N–H and O–H groups in total. The summed E-state index contributed by atoms with van der Waals surface area (Å²) in [6, 6.07) is 7.25. The topological polar surface area (TPSA) is 62.0 Å². The molecule has 21 heavy (non-hydrogen) atoms. The lowest BCUT2D eigenvalue weighted by molar-refractivity contribution is -0.138. The number of carbonyl (C=O) groups is 1. The maximum absolute atomic E-state index is 12.8. The maximum atomic E-state index is 12.8. The molecule has 1 heterocycles. The van der Waals surface area contributed by atoms with E-state index >= 15 is 0 Å². The van der Waals surface area contributed by atoms with E-state index in [2.05, 4.69) is 26.2 Å². The number of benzene rings is 1. The van der Waals surface area contributed by atoms with Gasteiger partial charge in [-0.1, -0.05) is 22.0 Å². The van der Waals surface area contributed by atoms with Crippen LogP contribution in [-0.2, 0) is 6.18 Å². The summed E-state index contributed by atoms with van der Waals surface area (Å²) >= 11 is 2.81. The molecule has 0 aliphatic rings. The van der Waals surface area contributed by atoms with Crippen LogP contribution in [0.25, 0.3) is 0 Å². The van der Waals surface area contributed by atoms with Crippen LogP contribution in [0.3, 0.4) is 0 Å². The van der Waals surface area contributed by atoms with E-state index in [1.54, 1.807) is 0 Å². The summed E-state index contributed by atoms with van der Waals surface area (Å²) in [7, 11) is 0. The third-order valence-corrected chi connectivity index (χ3v) is 3.23. The number of halogens is 4. The first-order chi connectivity index (χ1) is 9.77. The molecule has 4 nitrogen and oxygen atoms in total. The molecular formula is C13H8BrF3N2O2. The molecule has 1 aromatic heterocycles. The van der Waals surface area contributed by atoms with Gasteiger partial charge in [-0.25, -0.2) is 0 Å². The largest absolute Gasteiger partial charge is 0.417 e. The van der Waals surface area contributed by atoms with Gasteiger partial charge >= 0.3 is 6.18 Å². The van der Waals surface area contributed by atoms with Crippen LogP contribution in [0.4, 0.5) is 18.9 Å². The van der Waals surface area contributed by atoms with Crippen LogP contribution in [0.2, 0.25) is 0 Å². The number of H-pyrrole nitrogens is 1. The molecule has 0 bridgehead atoms. The van der Waals surface area contributed by atoms with Crippen molar-refractivity contribution < 1.29 is 18.0 Å². The number of anilines is 1. The number of aromatic nitrogens is 1. The van der Waals surface area contributed by atoms with Crippen LogP contribution in [0.15, 0.2) is 45.7 Å². The smallest absolute Gasteiger partial charge is 0.321 e. The highest BCUT2D eigenvalue weighted by molar-refractivity contribution is 9.10. The second-order valence-corrected chi connectivity index (χ2v) is 4.93. The summed E-state index contributed by atoms with van der Waals surface area (Å²) < 4.78 is 38.1. The molecule has 8 heteroatoms. The van der Waals surface area contributed by atoms with Gasteiger partial charge in [-0.2, -0.15) is 13.2 Å². The Kier molecular flexibility index (Phi) is 4.17. The number of aromatic amines is 1. The average molecular weight is 361 g/mol. The number of alkyl halides is 3. The lowest BCUT2D eigenvalue weighted by Crippen LogP contribution is -2.18. The van der Waals surface area contributed by atoms with Crippen LogP contribution in [0, 0.1) is 0 Å². The number of nitrogens with one attached hydrogen (secondary N) is 2. The fourth-order valence-electron chi connectivity index (χ4n) is 1.60. The number of carbonyl (C=O) groups excluding carboxylic acids is 1. The molecule has 2 aromatic rings. The first kappa shape index (κ1) is 15.3. The Labute approximate surface area is 125 Å². The van der Waals surface area contributed by atoms with Gasteiger partial charge in [-0.15, -0.1) is 0 Å². The Morgan fingerprint density at radius 2 is 1.90 bits per heavy atom. The molecule has 0 atom stereocenters. The minimum atomic E-state index is -4.54. The second kappa shape index (κ2) is 5.72. The van der Waals surface area contributed by atoms with Crippen LogP contribution in [0.5, 0.6) is 0 Å². The molecule has 1 amide bonds. The lowest BCUT2D eigenvalue weighted by atomic mass is 10.2. The molecule has 1 aromatic carbocycles. The fourth-order valence-corrected chi connectivity index (χ4v) is 2.07. The van der Waals surface area contributed by atoms with Crippen molar-refractivity contribution in [3.8, 4) is 0 Å². The minimum Gasteiger partial charge on any atom is -0.321 e. The van der Waals surface area contributed by atoms with E-state index in [1.807, 2.05) is 0 Å². The van der Waals surface area contributed by atoms with E-state index in [0.717, 1.165) is 6.07 Å². The number of rotatable bonds is 2. The quantitative estimate of drug-likeness (QED) is 0.861. The van der Waals surface area contributed by atoms with Gasteiger partial charge in [0.1, 0.15) is 5.69 Å². The van der Waals surface area contributed by atoms with Gasteiger partial charge in [0.25, 0.3) is 5.91 Å². The third kappa shape index (κ3) is 3.72. The van der Waals surface area contributed by atoms with Gasteiger partial charge in [-0.3, -0.25) is 9.59 Å². The molecule has 0 spiro atoms. The van der Waals surface area contributed by atoms with Crippen molar-refractivity contribution in [1.29, 1.82) is 0 Å². The molecule has 0 aliphatic heterocycles. The van der Waals surface area contributed by atoms with Crippen molar-refractivity contribution in [2.24, 2.45) is 0 Å². The Bertz CT molecular complexity index is 741. The molecule has 0 fully saturated rings. The number of hydrogen-bond donors (Lipinski definition) is 2. The van der Waals surface area contributed by atoms with Crippen LogP contribution >= 0.6 is 15.9 Å². The minimum absolute atomic E-state index is 0.0276. The molecule has 0 unspecified atom stereocenters. The van der Waals surface area contributed by atoms with Gasteiger partial charge in [0.15, 0.2) is 0 Å². The highest BCUT2D eigenvalue weighted by Gasteiger charge is 2.33. The molecule has 0 aliphatic carbocycles. The lowest BCUT2D eigenvalue weighted by Gasteiger charge is -2.11. The van der Waals surface area contributed by atoms with Gasteiger partial charge in [0.2, 0.25) is 5.56 Å². The SMILES string of the molecule is O=C(Nc1ccc(Br)c(C(F)(F)F)c1)c1cccc(=O)[nH]1. The zero-order valence-electron chi connectivity index (χ0n) is 10.3. The van der Waals surface area contributed by atoms with E-state index < -0.39 is 23.2 Å². The summed E-state index contributed by atoms with van der Waals surface area (Å²) in [5.74, 6) is -0.705. The van der Waals surface area contributed by atoms with Crippen molar-refractivity contribution in [2.45, 2.75) is 6.18 Å². The van der Waals surface area contributed by atoms with Crippen molar-refractivity contribution in [2.75, 3.05) is 5.32 Å². The first-order valence-corrected chi connectivity index (χ1v) is 6.44. The zero-order chi connectivity index (χ0) is 15.6. The highest BCUT2D eigenvalue weighted by atomic mass is 79.9. The molecule has 2 rings (SSSR count). The van der Waals surface area contributed by atoms with E-state index in [4.69, 9.17) is 0 Å². The van der Waals surface area contributed by atoms with Crippen LogP contribution < -0.4 is 10.9 Å². The molecular weight excluding hydrogens is 353 g/mol. The Hall–Kier alpha value is -2.09. The predicted molar refractivity (Wildman–Crippen MR) is 74.2 cm³/mol. The molecule has 0 radical (unpaired) electrons. The molecule has 110 valence electrons. The maximum Gasteiger partial charge on any atom is 0.417 e. The summed E-state index contributed by atoms with van der Waals surface area (Å²) in [4.78, 5) is 25.2. The molecule has 0 saturated carbocycles. The fraction of sp³-hybridized carbons (Fsp3) is 0.0769. The predicted octanol–water partition coefficient (Wildman–Crippen LogP) is 3.41. The highest BCUT2D eigenvalue weighted by Crippen LogP contribution is 2.36. The Morgan fingerprint density at radius 3 is 2.52 bits per heavy atom. The Morgan fingerprint density at radius 1 is 1.19 bits per heavy atom. The van der Waals surface area contributed by atoms with Crippen molar-refractivity contribution >= 4 is 27.5 Å². The van der Waals surface area contributed by atoms with E-state index in [-0.39, 0.29) is 15.9 Å². The number of hydrogen-bond acceptors (Lipinski definition) is 2. The number of amides is 1. The standard InChI is InChI=1S/C13H8BrF3N2O2/c14-9-5-4-7(6-8(9)13(15,16)17)18-12(21)10-2-1-3-11(20)19-10/h1-6H,(H,18,21)(H,19,20). The van der Waals surface area contributed by atoms with Gasteiger partial charge < -0.3 is 10.3 Å².